The van der Waals surface area contributed by atoms with Crippen molar-refractivity contribution < 1.29 is 9.53 Å². The number of rotatable bonds is 3. The normalized spacial score (nSPS) is 9.89. The number of ether oxygens (including phenoxy) is 1. The summed E-state index contributed by atoms with van der Waals surface area (Å²) in [7, 11) is 0. The first-order valence-electron chi connectivity index (χ1n) is 5.72. The summed E-state index contributed by atoms with van der Waals surface area (Å²) in [5, 5.41) is 8.82. The van der Waals surface area contributed by atoms with Gasteiger partial charge < -0.3 is 10.5 Å². The Kier molecular flexibility index (Phi) is 3.83. The Balaban J connectivity index is 2.41. The van der Waals surface area contributed by atoms with Crippen LogP contribution in [-0.4, -0.2) is 12.6 Å². The average Bonchev–Trinajstić information content (AvgIpc) is 2.88. The molecule has 1 heterocycles. The molecule has 2 aromatic rings. The standard InChI is InChI=1S/C14H12N2O2S/c1-2-18-14(17)11-7-9(3-5-12(11)16)13-6-4-10(8-15)19-13/h3-7H,2,16H2,1H3. The van der Waals surface area contributed by atoms with Crippen LogP contribution in [0.3, 0.4) is 0 Å². The van der Waals surface area contributed by atoms with Crippen LogP contribution >= 0.6 is 11.3 Å². The minimum absolute atomic E-state index is 0.306. The van der Waals surface area contributed by atoms with Crippen molar-refractivity contribution in [1.82, 2.24) is 0 Å². The van der Waals surface area contributed by atoms with Crippen molar-refractivity contribution >= 4 is 23.0 Å². The van der Waals surface area contributed by atoms with Gasteiger partial charge in [0.05, 0.1) is 12.2 Å². The largest absolute Gasteiger partial charge is 0.462 e. The van der Waals surface area contributed by atoms with Gasteiger partial charge in [-0.25, -0.2) is 4.79 Å². The molecular weight excluding hydrogens is 260 g/mol. The van der Waals surface area contributed by atoms with Gasteiger partial charge in [0.25, 0.3) is 0 Å². The first-order valence-corrected chi connectivity index (χ1v) is 6.54. The zero-order chi connectivity index (χ0) is 13.8. The van der Waals surface area contributed by atoms with E-state index in [4.69, 9.17) is 15.7 Å². The highest BCUT2D eigenvalue weighted by atomic mass is 32.1. The molecule has 2 rings (SSSR count). The summed E-state index contributed by atoms with van der Waals surface area (Å²) >= 11 is 1.37. The SMILES string of the molecule is CCOC(=O)c1cc(-c2ccc(C#N)s2)ccc1N. The van der Waals surface area contributed by atoms with Crippen molar-refractivity contribution in [2.24, 2.45) is 0 Å². The maximum absolute atomic E-state index is 11.8. The summed E-state index contributed by atoms with van der Waals surface area (Å²) in [5.41, 5.74) is 7.37. The maximum atomic E-state index is 11.8. The summed E-state index contributed by atoms with van der Waals surface area (Å²) in [6.07, 6.45) is 0. The molecule has 0 amide bonds. The molecule has 0 aliphatic heterocycles. The van der Waals surface area contributed by atoms with Crippen LogP contribution < -0.4 is 5.73 Å². The average molecular weight is 272 g/mol. The second-order valence-electron chi connectivity index (χ2n) is 3.80. The number of hydrogen-bond donors (Lipinski definition) is 1. The second kappa shape index (κ2) is 5.55. The Morgan fingerprint density at radius 1 is 1.42 bits per heavy atom. The third-order valence-electron chi connectivity index (χ3n) is 2.55. The first kappa shape index (κ1) is 13.1. The molecule has 0 fully saturated rings. The fourth-order valence-corrected chi connectivity index (χ4v) is 2.45. The van der Waals surface area contributed by atoms with Crippen molar-refractivity contribution in [2.75, 3.05) is 12.3 Å². The number of carbonyl (C=O) groups is 1. The predicted octanol–water partition coefficient (Wildman–Crippen LogP) is 3.05. The Morgan fingerprint density at radius 3 is 2.84 bits per heavy atom. The van der Waals surface area contributed by atoms with Crippen LogP contribution in [0.25, 0.3) is 10.4 Å². The van der Waals surface area contributed by atoms with Crippen molar-refractivity contribution in [3.8, 4) is 16.5 Å². The van der Waals surface area contributed by atoms with E-state index in [0.717, 1.165) is 10.4 Å². The van der Waals surface area contributed by atoms with Crippen molar-refractivity contribution in [3.05, 3.63) is 40.8 Å². The number of carbonyl (C=O) groups excluding carboxylic acids is 1. The van der Waals surface area contributed by atoms with E-state index in [1.54, 1.807) is 25.1 Å². The van der Waals surface area contributed by atoms with Gasteiger partial charge in [0.15, 0.2) is 0 Å². The molecule has 0 unspecified atom stereocenters. The summed E-state index contributed by atoms with van der Waals surface area (Å²) < 4.78 is 4.96. The molecule has 5 heteroatoms. The molecule has 2 N–H and O–H groups in total. The maximum Gasteiger partial charge on any atom is 0.340 e. The van der Waals surface area contributed by atoms with E-state index in [0.29, 0.717) is 22.7 Å². The van der Waals surface area contributed by atoms with Crippen LogP contribution in [0, 0.1) is 11.3 Å². The zero-order valence-electron chi connectivity index (χ0n) is 10.3. The molecule has 0 aliphatic carbocycles. The summed E-state index contributed by atoms with van der Waals surface area (Å²) in [6.45, 7) is 2.05. The first-order chi connectivity index (χ1) is 9.15. The minimum Gasteiger partial charge on any atom is -0.462 e. The van der Waals surface area contributed by atoms with Gasteiger partial charge in [-0.15, -0.1) is 11.3 Å². The molecule has 96 valence electrons. The molecule has 0 atom stereocenters. The van der Waals surface area contributed by atoms with Gasteiger partial charge in [-0.3, -0.25) is 0 Å². The fraction of sp³-hybridized carbons (Fsp3) is 0.143. The Bertz CT molecular complexity index is 656. The fourth-order valence-electron chi connectivity index (χ4n) is 1.65. The van der Waals surface area contributed by atoms with Crippen LogP contribution in [0.1, 0.15) is 22.2 Å². The van der Waals surface area contributed by atoms with Crippen LogP contribution in [0.5, 0.6) is 0 Å². The number of esters is 1. The number of nitrogens with two attached hydrogens (primary N) is 1. The summed E-state index contributed by atoms with van der Waals surface area (Å²) in [4.78, 5) is 13.3. The molecule has 0 spiro atoms. The molecule has 1 aromatic heterocycles. The van der Waals surface area contributed by atoms with Gasteiger partial charge in [0, 0.05) is 10.6 Å². The van der Waals surface area contributed by atoms with E-state index < -0.39 is 5.97 Å². The third-order valence-corrected chi connectivity index (χ3v) is 3.59. The van der Waals surface area contributed by atoms with Gasteiger partial charge in [-0.1, -0.05) is 6.07 Å². The zero-order valence-corrected chi connectivity index (χ0v) is 11.2. The molecule has 4 nitrogen and oxygen atoms in total. The van der Waals surface area contributed by atoms with Crippen LogP contribution in [-0.2, 0) is 4.74 Å². The van der Waals surface area contributed by atoms with E-state index in [-0.39, 0.29) is 0 Å². The number of nitrogen functional groups attached to an aromatic ring is 1. The Labute approximate surface area is 115 Å². The molecule has 0 aliphatic rings. The summed E-state index contributed by atoms with van der Waals surface area (Å²) in [5.74, 6) is -0.432. The van der Waals surface area contributed by atoms with Crippen LogP contribution in [0.2, 0.25) is 0 Å². The predicted molar refractivity (Wildman–Crippen MR) is 74.8 cm³/mol. The molecule has 0 saturated carbocycles. The molecule has 19 heavy (non-hydrogen) atoms. The molecule has 0 saturated heterocycles. The number of nitrogens with zero attached hydrogens (tertiary/aromatic N) is 1. The van der Waals surface area contributed by atoms with Gasteiger partial charge >= 0.3 is 5.97 Å². The van der Waals surface area contributed by atoms with Gasteiger partial charge in [0.2, 0.25) is 0 Å². The highest BCUT2D eigenvalue weighted by Crippen LogP contribution is 2.30. The van der Waals surface area contributed by atoms with Crippen molar-refractivity contribution in [1.29, 1.82) is 5.26 Å². The lowest BCUT2D eigenvalue weighted by Crippen LogP contribution is -2.07. The van der Waals surface area contributed by atoms with Crippen LogP contribution in [0.15, 0.2) is 30.3 Å². The number of thiophene rings is 1. The molecular formula is C14H12N2O2S. The van der Waals surface area contributed by atoms with E-state index in [1.165, 1.54) is 11.3 Å². The van der Waals surface area contributed by atoms with E-state index in [9.17, 15) is 4.79 Å². The van der Waals surface area contributed by atoms with Gasteiger partial charge in [-0.05, 0) is 36.8 Å². The third kappa shape index (κ3) is 2.75. The van der Waals surface area contributed by atoms with Gasteiger partial charge in [-0.2, -0.15) is 5.26 Å². The summed E-state index contributed by atoms with van der Waals surface area (Å²) in [6, 6.07) is 10.9. The monoisotopic (exact) mass is 272 g/mol. The van der Waals surface area contributed by atoms with Crippen LogP contribution in [0.4, 0.5) is 5.69 Å². The molecule has 0 bridgehead atoms. The highest BCUT2D eigenvalue weighted by Gasteiger charge is 2.13. The number of hydrogen-bond acceptors (Lipinski definition) is 5. The Hall–Kier alpha value is -2.32. The topological polar surface area (TPSA) is 76.1 Å². The lowest BCUT2D eigenvalue weighted by molar-refractivity contribution is 0.0527. The van der Waals surface area contributed by atoms with Crippen molar-refractivity contribution in [2.45, 2.75) is 6.92 Å². The number of benzene rings is 1. The lowest BCUT2D eigenvalue weighted by atomic mass is 10.1. The van der Waals surface area contributed by atoms with E-state index in [1.807, 2.05) is 12.1 Å². The molecule has 1 aromatic carbocycles. The molecule has 0 radical (unpaired) electrons. The smallest absolute Gasteiger partial charge is 0.340 e. The highest BCUT2D eigenvalue weighted by molar-refractivity contribution is 7.16. The lowest BCUT2D eigenvalue weighted by Gasteiger charge is -2.07. The quantitative estimate of drug-likeness (QED) is 0.688. The van der Waals surface area contributed by atoms with E-state index in [2.05, 4.69) is 6.07 Å². The minimum atomic E-state index is -0.432. The van der Waals surface area contributed by atoms with E-state index >= 15 is 0 Å². The number of nitriles is 1. The van der Waals surface area contributed by atoms with Crippen molar-refractivity contribution in [3.63, 3.8) is 0 Å². The Morgan fingerprint density at radius 2 is 2.21 bits per heavy atom. The van der Waals surface area contributed by atoms with Gasteiger partial charge in [0.1, 0.15) is 10.9 Å². The second-order valence-corrected chi connectivity index (χ2v) is 4.88. The number of anilines is 1.